The zero-order valence-corrected chi connectivity index (χ0v) is 12.8. The highest BCUT2D eigenvalue weighted by atomic mass is 79.9. The Morgan fingerprint density at radius 3 is 2.24 bits per heavy atom. The van der Waals surface area contributed by atoms with Crippen molar-refractivity contribution in [1.29, 1.82) is 0 Å². The molecule has 0 saturated carbocycles. The molecule has 6 heteroatoms. The Labute approximate surface area is 125 Å². The zero-order valence-electron chi connectivity index (χ0n) is 8.14. The number of rotatable bonds is 2. The number of carbonyl (C=O) groups excluding carboxylic acids is 1. The second-order valence-electron chi connectivity index (χ2n) is 3.16. The normalized spacial score (nSPS) is 10.6. The predicted octanol–water partition coefficient (Wildman–Crippen LogP) is 5.70. The Morgan fingerprint density at radius 2 is 1.76 bits per heavy atom. The van der Waals surface area contributed by atoms with Crippen molar-refractivity contribution in [3.63, 3.8) is 0 Å². The summed E-state index contributed by atoms with van der Waals surface area (Å²) in [5.41, 5.74) is 0.307. The Hall–Kier alpha value is -0.0600. The smallest absolute Gasteiger partial charge is 0.206 e. The first-order valence-electron chi connectivity index (χ1n) is 4.44. The van der Waals surface area contributed by atoms with E-state index in [9.17, 15) is 4.79 Å². The largest absolute Gasteiger partial charge is 0.288 e. The molecule has 1 aromatic carbocycles. The topological polar surface area (TPSA) is 17.1 Å². The first-order valence-corrected chi connectivity index (χ1v) is 7.18. The third-order valence-corrected chi connectivity index (χ3v) is 5.16. The van der Waals surface area contributed by atoms with Gasteiger partial charge in [0.2, 0.25) is 5.78 Å². The van der Waals surface area contributed by atoms with Gasteiger partial charge in [-0.3, -0.25) is 4.79 Å². The van der Waals surface area contributed by atoms with Gasteiger partial charge in [0.05, 0.1) is 20.5 Å². The number of halogens is 4. The van der Waals surface area contributed by atoms with Crippen LogP contribution in [0.2, 0.25) is 14.4 Å². The summed E-state index contributed by atoms with van der Waals surface area (Å²) in [5.74, 6) is -0.224. The van der Waals surface area contributed by atoms with Crippen LogP contribution < -0.4 is 0 Å². The van der Waals surface area contributed by atoms with Gasteiger partial charge in [0.1, 0.15) is 4.34 Å². The second-order valence-corrected chi connectivity index (χ2v) is 6.48. The van der Waals surface area contributed by atoms with Gasteiger partial charge in [-0.1, -0.05) is 40.9 Å². The molecule has 88 valence electrons. The third-order valence-electron chi connectivity index (χ3n) is 2.06. The lowest BCUT2D eigenvalue weighted by Crippen LogP contribution is -2.00. The minimum absolute atomic E-state index is 0.224. The summed E-state index contributed by atoms with van der Waals surface area (Å²) in [6.45, 7) is 0. The fraction of sp³-hybridized carbons (Fsp3) is 0. The summed E-state index contributed by atoms with van der Waals surface area (Å²) >= 11 is 22.3. The van der Waals surface area contributed by atoms with Crippen molar-refractivity contribution in [3.8, 4) is 0 Å². The van der Waals surface area contributed by atoms with Gasteiger partial charge in [-0.05, 0) is 34.1 Å². The standard InChI is InChI=1S/C11H4BrCl3OS/c12-5-4-8(17-11(5)15)10(16)9-6(13)2-1-3-7(9)14/h1-4H. The predicted molar refractivity (Wildman–Crippen MR) is 76.9 cm³/mol. The summed E-state index contributed by atoms with van der Waals surface area (Å²) in [6.07, 6.45) is 0. The molecule has 2 aromatic rings. The molecule has 17 heavy (non-hydrogen) atoms. The van der Waals surface area contributed by atoms with Crippen molar-refractivity contribution in [1.82, 2.24) is 0 Å². The van der Waals surface area contributed by atoms with Crippen molar-refractivity contribution in [2.75, 3.05) is 0 Å². The molecule has 0 N–H and O–H groups in total. The van der Waals surface area contributed by atoms with Crippen molar-refractivity contribution in [2.45, 2.75) is 0 Å². The second kappa shape index (κ2) is 5.29. The molecule has 0 bridgehead atoms. The van der Waals surface area contributed by atoms with Gasteiger partial charge < -0.3 is 0 Å². The monoisotopic (exact) mass is 368 g/mol. The van der Waals surface area contributed by atoms with Crippen LogP contribution in [0.15, 0.2) is 28.7 Å². The summed E-state index contributed by atoms with van der Waals surface area (Å²) < 4.78 is 1.22. The maximum Gasteiger partial charge on any atom is 0.206 e. The van der Waals surface area contributed by atoms with Gasteiger partial charge in [0.15, 0.2) is 0 Å². The quantitative estimate of drug-likeness (QED) is 0.620. The average molecular weight is 370 g/mol. The van der Waals surface area contributed by atoms with Crippen LogP contribution >= 0.6 is 62.1 Å². The van der Waals surface area contributed by atoms with Crippen molar-refractivity contribution < 1.29 is 4.79 Å². The first-order chi connectivity index (χ1) is 8.00. The van der Waals surface area contributed by atoms with E-state index in [1.807, 2.05) is 0 Å². The fourth-order valence-electron chi connectivity index (χ4n) is 1.30. The zero-order chi connectivity index (χ0) is 12.6. The van der Waals surface area contributed by atoms with Gasteiger partial charge in [0.25, 0.3) is 0 Å². The van der Waals surface area contributed by atoms with E-state index in [1.54, 1.807) is 24.3 Å². The molecular formula is C11H4BrCl3OS. The van der Waals surface area contributed by atoms with Crippen molar-refractivity contribution in [3.05, 3.63) is 53.6 Å². The molecule has 0 aliphatic heterocycles. The molecule has 0 atom stereocenters. The molecule has 1 heterocycles. The minimum atomic E-state index is -0.224. The van der Waals surface area contributed by atoms with Crippen LogP contribution in [0.1, 0.15) is 15.2 Å². The molecule has 1 nitrogen and oxygen atoms in total. The number of ketones is 1. The maximum absolute atomic E-state index is 12.2. The van der Waals surface area contributed by atoms with Crippen LogP contribution in [-0.4, -0.2) is 5.78 Å². The highest BCUT2D eigenvalue weighted by molar-refractivity contribution is 9.10. The highest BCUT2D eigenvalue weighted by Crippen LogP contribution is 2.35. The van der Waals surface area contributed by atoms with Crippen LogP contribution in [0.5, 0.6) is 0 Å². The fourth-order valence-corrected chi connectivity index (χ4v) is 3.51. The molecule has 1 aromatic heterocycles. The number of benzene rings is 1. The Kier molecular flexibility index (Phi) is 4.16. The van der Waals surface area contributed by atoms with E-state index in [-0.39, 0.29) is 5.78 Å². The summed E-state index contributed by atoms with van der Waals surface area (Å²) in [7, 11) is 0. The molecular weight excluding hydrogens is 366 g/mol. The summed E-state index contributed by atoms with van der Waals surface area (Å²) in [6, 6.07) is 6.61. The van der Waals surface area contributed by atoms with E-state index in [4.69, 9.17) is 34.8 Å². The lowest BCUT2D eigenvalue weighted by Gasteiger charge is -2.03. The van der Waals surface area contributed by atoms with Gasteiger partial charge >= 0.3 is 0 Å². The highest BCUT2D eigenvalue weighted by Gasteiger charge is 2.19. The molecule has 0 fully saturated rings. The number of carbonyl (C=O) groups is 1. The average Bonchev–Trinajstić information content (AvgIpc) is 2.59. The maximum atomic E-state index is 12.2. The Morgan fingerprint density at radius 1 is 1.18 bits per heavy atom. The lowest BCUT2D eigenvalue weighted by atomic mass is 10.1. The van der Waals surface area contributed by atoms with Crippen LogP contribution in [0.3, 0.4) is 0 Å². The minimum Gasteiger partial charge on any atom is -0.288 e. The first kappa shape index (κ1) is 13.4. The molecule has 0 radical (unpaired) electrons. The van der Waals surface area contributed by atoms with Crippen LogP contribution in [0.4, 0.5) is 0 Å². The van der Waals surface area contributed by atoms with Crippen molar-refractivity contribution in [2.24, 2.45) is 0 Å². The number of hydrogen-bond donors (Lipinski definition) is 0. The summed E-state index contributed by atoms with van der Waals surface area (Å²) in [5, 5.41) is 0.672. The van der Waals surface area contributed by atoms with E-state index < -0.39 is 0 Å². The molecule has 0 unspecified atom stereocenters. The van der Waals surface area contributed by atoms with Gasteiger partial charge in [-0.2, -0.15) is 0 Å². The van der Waals surface area contributed by atoms with E-state index in [0.29, 0.717) is 29.3 Å². The van der Waals surface area contributed by atoms with Gasteiger partial charge in [-0.25, -0.2) is 0 Å². The molecule has 0 aliphatic rings. The molecule has 0 saturated heterocycles. The molecule has 0 spiro atoms. The number of hydrogen-bond acceptors (Lipinski definition) is 2. The van der Waals surface area contributed by atoms with Crippen molar-refractivity contribution >= 4 is 67.9 Å². The van der Waals surface area contributed by atoms with E-state index in [1.165, 1.54) is 11.3 Å². The van der Waals surface area contributed by atoms with E-state index >= 15 is 0 Å². The van der Waals surface area contributed by atoms with Gasteiger partial charge in [0, 0.05) is 4.47 Å². The van der Waals surface area contributed by atoms with Crippen LogP contribution in [0, 0.1) is 0 Å². The summed E-state index contributed by atoms with van der Waals surface area (Å²) in [4.78, 5) is 12.7. The van der Waals surface area contributed by atoms with Crippen LogP contribution in [0.25, 0.3) is 0 Å². The molecule has 0 amide bonds. The van der Waals surface area contributed by atoms with E-state index in [0.717, 1.165) is 0 Å². The molecule has 0 aliphatic carbocycles. The number of thiophene rings is 1. The lowest BCUT2D eigenvalue weighted by molar-refractivity contribution is 0.104. The third kappa shape index (κ3) is 2.69. The Bertz CT molecular complexity index is 555. The van der Waals surface area contributed by atoms with Crippen LogP contribution in [-0.2, 0) is 0 Å². The van der Waals surface area contributed by atoms with Gasteiger partial charge in [-0.15, -0.1) is 11.3 Å². The van der Waals surface area contributed by atoms with E-state index in [2.05, 4.69) is 15.9 Å². The SMILES string of the molecule is O=C(c1cc(Br)c(Cl)s1)c1c(Cl)cccc1Cl. The Balaban J connectivity index is 2.51. The molecule has 2 rings (SSSR count).